The molecule has 2 aromatic carbocycles. The van der Waals surface area contributed by atoms with E-state index in [0.29, 0.717) is 17.9 Å². The molecule has 0 radical (unpaired) electrons. The van der Waals surface area contributed by atoms with Crippen LogP contribution in [0.15, 0.2) is 48.5 Å². The normalized spacial score (nSPS) is 11.4. The third-order valence-corrected chi connectivity index (χ3v) is 3.59. The van der Waals surface area contributed by atoms with Gasteiger partial charge in [0.1, 0.15) is 11.5 Å². The highest BCUT2D eigenvalue weighted by Crippen LogP contribution is 2.15. The fraction of sp³-hybridized carbons (Fsp3) is 0.263. The van der Waals surface area contributed by atoms with Crippen LogP contribution in [0.1, 0.15) is 18.1 Å². The van der Waals surface area contributed by atoms with Crippen molar-refractivity contribution in [3.8, 4) is 11.5 Å². The highest BCUT2D eigenvalue weighted by atomic mass is 16.5. The Morgan fingerprint density at radius 1 is 1.00 bits per heavy atom. The zero-order valence-electron chi connectivity index (χ0n) is 14.2. The van der Waals surface area contributed by atoms with Crippen LogP contribution in [-0.4, -0.2) is 30.2 Å². The monoisotopic (exact) mass is 343 g/mol. The van der Waals surface area contributed by atoms with Crippen molar-refractivity contribution in [2.45, 2.75) is 26.0 Å². The number of hydrogen-bond acceptors (Lipinski definition) is 4. The van der Waals surface area contributed by atoms with E-state index in [1.807, 2.05) is 24.3 Å². The van der Waals surface area contributed by atoms with Gasteiger partial charge < -0.3 is 19.9 Å². The molecule has 2 N–H and O–H groups in total. The van der Waals surface area contributed by atoms with Gasteiger partial charge in [-0.15, -0.1) is 0 Å². The largest absolute Gasteiger partial charge is 0.497 e. The second kappa shape index (κ2) is 8.73. The number of methoxy groups -OCH3 is 1. The van der Waals surface area contributed by atoms with Crippen molar-refractivity contribution in [2.24, 2.45) is 0 Å². The van der Waals surface area contributed by atoms with Gasteiger partial charge in [0.2, 0.25) is 0 Å². The predicted molar refractivity (Wildman–Crippen MR) is 92.7 cm³/mol. The predicted octanol–water partition coefficient (Wildman–Crippen LogP) is 2.41. The summed E-state index contributed by atoms with van der Waals surface area (Å²) in [5.74, 6) is 0.157. The minimum absolute atomic E-state index is 0.0435. The lowest BCUT2D eigenvalue weighted by Crippen LogP contribution is -2.35. The Kier molecular flexibility index (Phi) is 6.39. The first-order valence-electron chi connectivity index (χ1n) is 7.86. The first-order valence-corrected chi connectivity index (χ1v) is 7.86. The summed E-state index contributed by atoms with van der Waals surface area (Å²) in [6.45, 7) is 2.06. The number of benzene rings is 2. The van der Waals surface area contributed by atoms with Gasteiger partial charge in [0, 0.05) is 6.54 Å². The molecule has 0 aliphatic carbocycles. The summed E-state index contributed by atoms with van der Waals surface area (Å²) in [6, 6.07) is 14.1. The van der Waals surface area contributed by atoms with Gasteiger partial charge in [-0.2, -0.15) is 0 Å². The SMILES string of the molecule is COc1ccc(CNC(=O)C(C)Oc2ccc(CC(=O)O)cc2)cc1. The van der Waals surface area contributed by atoms with E-state index in [1.165, 1.54) is 0 Å². The molecule has 2 aromatic rings. The van der Waals surface area contributed by atoms with Crippen molar-refractivity contribution in [1.82, 2.24) is 5.32 Å². The quantitative estimate of drug-likeness (QED) is 0.769. The Hall–Kier alpha value is -3.02. The van der Waals surface area contributed by atoms with E-state index in [1.54, 1.807) is 38.3 Å². The summed E-state index contributed by atoms with van der Waals surface area (Å²) in [4.78, 5) is 22.8. The van der Waals surface area contributed by atoms with Crippen molar-refractivity contribution >= 4 is 11.9 Å². The van der Waals surface area contributed by atoms with Crippen molar-refractivity contribution in [3.63, 3.8) is 0 Å². The third kappa shape index (κ3) is 5.84. The highest BCUT2D eigenvalue weighted by molar-refractivity contribution is 5.80. The maximum Gasteiger partial charge on any atom is 0.307 e. The molecule has 2 rings (SSSR count). The molecule has 0 bridgehead atoms. The molecule has 0 aliphatic rings. The minimum atomic E-state index is -0.889. The van der Waals surface area contributed by atoms with Crippen LogP contribution in [0.4, 0.5) is 0 Å². The molecular weight excluding hydrogens is 322 g/mol. The Labute approximate surface area is 146 Å². The second-order valence-corrected chi connectivity index (χ2v) is 5.54. The Bertz CT molecular complexity index is 710. The molecule has 1 unspecified atom stereocenters. The molecule has 0 fully saturated rings. The lowest BCUT2D eigenvalue weighted by atomic mass is 10.1. The molecule has 6 nitrogen and oxygen atoms in total. The molecule has 0 aromatic heterocycles. The molecule has 0 aliphatic heterocycles. The number of carboxylic acids is 1. The fourth-order valence-electron chi connectivity index (χ4n) is 2.19. The van der Waals surface area contributed by atoms with Gasteiger partial charge in [0.15, 0.2) is 6.10 Å². The van der Waals surface area contributed by atoms with E-state index in [-0.39, 0.29) is 12.3 Å². The zero-order chi connectivity index (χ0) is 18.2. The van der Waals surface area contributed by atoms with Gasteiger partial charge >= 0.3 is 5.97 Å². The molecule has 0 spiro atoms. The summed E-state index contributed by atoms with van der Waals surface area (Å²) < 4.78 is 10.7. The van der Waals surface area contributed by atoms with Gasteiger partial charge in [-0.1, -0.05) is 24.3 Å². The topological polar surface area (TPSA) is 84.9 Å². The van der Waals surface area contributed by atoms with Crippen molar-refractivity contribution in [1.29, 1.82) is 0 Å². The summed E-state index contributed by atoms with van der Waals surface area (Å²) >= 11 is 0. The van der Waals surface area contributed by atoms with E-state index in [0.717, 1.165) is 11.3 Å². The van der Waals surface area contributed by atoms with E-state index >= 15 is 0 Å². The summed E-state index contributed by atoms with van der Waals surface area (Å²) in [5, 5.41) is 11.6. The first-order chi connectivity index (χ1) is 12.0. The zero-order valence-corrected chi connectivity index (χ0v) is 14.2. The number of carboxylic acid groups (broad SMARTS) is 1. The van der Waals surface area contributed by atoms with Gasteiger partial charge in [0.05, 0.1) is 13.5 Å². The van der Waals surface area contributed by atoms with Crippen LogP contribution < -0.4 is 14.8 Å². The molecule has 0 saturated heterocycles. The standard InChI is InChI=1S/C19H21NO5/c1-13(25-17-9-3-14(4-10-17)11-18(21)22)19(23)20-12-15-5-7-16(24-2)8-6-15/h3-10,13H,11-12H2,1-2H3,(H,20,23)(H,21,22). The summed E-state index contributed by atoms with van der Waals surface area (Å²) in [5.41, 5.74) is 1.64. The van der Waals surface area contributed by atoms with Gasteiger partial charge in [-0.25, -0.2) is 0 Å². The summed E-state index contributed by atoms with van der Waals surface area (Å²) in [6.07, 6.45) is -0.707. The number of nitrogens with one attached hydrogen (secondary N) is 1. The number of carbonyl (C=O) groups is 2. The van der Waals surface area contributed by atoms with Gasteiger partial charge in [-0.3, -0.25) is 9.59 Å². The lowest BCUT2D eigenvalue weighted by Gasteiger charge is -2.15. The van der Waals surface area contributed by atoms with E-state index in [9.17, 15) is 9.59 Å². The fourth-order valence-corrected chi connectivity index (χ4v) is 2.19. The molecule has 0 heterocycles. The average Bonchev–Trinajstić information content (AvgIpc) is 2.61. The number of ether oxygens (including phenoxy) is 2. The summed E-state index contributed by atoms with van der Waals surface area (Å²) in [7, 11) is 1.60. The maximum absolute atomic E-state index is 12.1. The van der Waals surface area contributed by atoms with Gasteiger partial charge in [0.25, 0.3) is 5.91 Å². The average molecular weight is 343 g/mol. The van der Waals surface area contributed by atoms with Crippen molar-refractivity contribution in [3.05, 3.63) is 59.7 Å². The smallest absolute Gasteiger partial charge is 0.307 e. The Balaban J connectivity index is 1.83. The van der Waals surface area contributed by atoms with E-state index in [4.69, 9.17) is 14.6 Å². The number of aliphatic carboxylic acids is 1. The molecule has 132 valence electrons. The van der Waals surface area contributed by atoms with E-state index < -0.39 is 12.1 Å². The highest BCUT2D eigenvalue weighted by Gasteiger charge is 2.14. The van der Waals surface area contributed by atoms with Gasteiger partial charge in [-0.05, 0) is 42.3 Å². The molecule has 1 atom stereocenters. The van der Waals surface area contributed by atoms with Crippen LogP contribution in [0.2, 0.25) is 0 Å². The maximum atomic E-state index is 12.1. The van der Waals surface area contributed by atoms with Crippen LogP contribution in [0.3, 0.4) is 0 Å². The molecular formula is C19H21NO5. The van der Waals surface area contributed by atoms with Crippen LogP contribution in [0.5, 0.6) is 11.5 Å². The second-order valence-electron chi connectivity index (χ2n) is 5.54. The first kappa shape index (κ1) is 18.3. The van der Waals surface area contributed by atoms with Crippen LogP contribution in [0.25, 0.3) is 0 Å². The van der Waals surface area contributed by atoms with Crippen LogP contribution in [-0.2, 0) is 22.6 Å². The minimum Gasteiger partial charge on any atom is -0.497 e. The number of amides is 1. The molecule has 25 heavy (non-hydrogen) atoms. The third-order valence-electron chi connectivity index (χ3n) is 3.59. The Morgan fingerprint density at radius 2 is 1.56 bits per heavy atom. The van der Waals surface area contributed by atoms with Crippen molar-refractivity contribution in [2.75, 3.05) is 7.11 Å². The molecule has 6 heteroatoms. The molecule has 0 saturated carbocycles. The van der Waals surface area contributed by atoms with Crippen molar-refractivity contribution < 1.29 is 24.2 Å². The van der Waals surface area contributed by atoms with E-state index in [2.05, 4.69) is 5.32 Å². The lowest BCUT2D eigenvalue weighted by molar-refractivity contribution is -0.136. The number of carbonyl (C=O) groups excluding carboxylic acids is 1. The number of hydrogen-bond donors (Lipinski definition) is 2. The number of rotatable bonds is 8. The van der Waals surface area contributed by atoms with Crippen LogP contribution in [0, 0.1) is 0 Å². The Morgan fingerprint density at radius 3 is 2.12 bits per heavy atom. The van der Waals surface area contributed by atoms with Crippen LogP contribution >= 0.6 is 0 Å². The molecule has 1 amide bonds.